The van der Waals surface area contributed by atoms with Gasteiger partial charge in [-0.2, -0.15) is 11.8 Å². The maximum absolute atomic E-state index is 12.3. The quantitative estimate of drug-likeness (QED) is 0.806. The van der Waals surface area contributed by atoms with Crippen LogP contribution in [-0.2, 0) is 9.59 Å². The van der Waals surface area contributed by atoms with Gasteiger partial charge in [-0.25, -0.2) is 0 Å². The Kier molecular flexibility index (Phi) is 6.54. The Hall–Kier alpha value is -0.710. The van der Waals surface area contributed by atoms with Crippen molar-refractivity contribution in [3.63, 3.8) is 0 Å². The normalized spacial score (nSPS) is 21.7. The number of hydrogen-bond donors (Lipinski definition) is 1. The van der Waals surface area contributed by atoms with Crippen molar-refractivity contribution in [3.05, 3.63) is 0 Å². The summed E-state index contributed by atoms with van der Waals surface area (Å²) < 4.78 is 0. The van der Waals surface area contributed by atoms with Gasteiger partial charge in [0.1, 0.15) is 0 Å². The fourth-order valence-electron chi connectivity index (χ4n) is 2.49. The number of aliphatic carboxylic acids is 1. The number of nitrogens with zero attached hydrogens (tertiary/aromatic N) is 1. The summed E-state index contributed by atoms with van der Waals surface area (Å²) in [6.45, 7) is 2.75. The highest BCUT2D eigenvalue weighted by molar-refractivity contribution is 7.98. The van der Waals surface area contributed by atoms with Gasteiger partial charge in [-0.3, -0.25) is 9.59 Å². The Bertz CT molecular complexity index is 296. The van der Waals surface area contributed by atoms with Crippen molar-refractivity contribution < 1.29 is 14.7 Å². The average molecular weight is 273 g/mol. The number of carbonyl (C=O) groups excluding carboxylic acids is 1. The van der Waals surface area contributed by atoms with Crippen molar-refractivity contribution in [1.29, 1.82) is 0 Å². The van der Waals surface area contributed by atoms with Gasteiger partial charge in [-0.1, -0.05) is 6.92 Å². The lowest BCUT2D eigenvalue weighted by Gasteiger charge is -2.37. The minimum Gasteiger partial charge on any atom is -0.481 e. The molecule has 1 aliphatic rings. The third-order valence-corrected chi connectivity index (χ3v) is 4.27. The highest BCUT2D eigenvalue weighted by atomic mass is 32.2. The summed E-state index contributed by atoms with van der Waals surface area (Å²) in [5.74, 6) is 0.288. The van der Waals surface area contributed by atoms with E-state index in [1.165, 1.54) is 0 Å². The molecule has 18 heavy (non-hydrogen) atoms. The molecule has 1 N–H and O–H groups in total. The molecule has 2 atom stereocenters. The van der Waals surface area contributed by atoms with E-state index in [-0.39, 0.29) is 24.3 Å². The van der Waals surface area contributed by atoms with Gasteiger partial charge in [0.25, 0.3) is 0 Å². The first kappa shape index (κ1) is 15.3. The van der Waals surface area contributed by atoms with Crippen LogP contribution in [0.15, 0.2) is 0 Å². The van der Waals surface area contributed by atoms with Crippen LogP contribution in [-0.4, -0.2) is 46.5 Å². The number of rotatable bonds is 6. The van der Waals surface area contributed by atoms with Crippen LogP contribution in [0.4, 0.5) is 0 Å². The molecule has 1 fully saturated rings. The number of hydrogen-bond acceptors (Lipinski definition) is 3. The molecule has 0 aliphatic carbocycles. The van der Waals surface area contributed by atoms with Crippen LogP contribution in [0.1, 0.15) is 39.0 Å². The minimum atomic E-state index is -0.773. The maximum Gasteiger partial charge on any atom is 0.303 e. The Morgan fingerprint density at radius 3 is 2.78 bits per heavy atom. The second kappa shape index (κ2) is 7.67. The first-order valence-electron chi connectivity index (χ1n) is 6.57. The lowest BCUT2D eigenvalue weighted by Crippen LogP contribution is -2.46. The fraction of sp³-hybridized carbons (Fsp3) is 0.846. The number of piperidine rings is 1. The van der Waals surface area contributed by atoms with Crippen molar-refractivity contribution in [1.82, 2.24) is 4.90 Å². The van der Waals surface area contributed by atoms with Gasteiger partial charge < -0.3 is 10.0 Å². The Morgan fingerprint density at radius 1 is 1.44 bits per heavy atom. The zero-order chi connectivity index (χ0) is 13.5. The highest BCUT2D eigenvalue weighted by Gasteiger charge is 2.29. The van der Waals surface area contributed by atoms with Gasteiger partial charge >= 0.3 is 5.97 Å². The molecular formula is C13H23NO3S. The molecule has 1 amide bonds. The monoisotopic (exact) mass is 273 g/mol. The molecule has 0 unspecified atom stereocenters. The molecule has 4 nitrogen and oxygen atoms in total. The second-order valence-corrected chi connectivity index (χ2v) is 5.88. The van der Waals surface area contributed by atoms with Crippen LogP contribution in [0, 0.1) is 5.92 Å². The van der Waals surface area contributed by atoms with E-state index in [1.807, 2.05) is 18.1 Å². The van der Waals surface area contributed by atoms with Gasteiger partial charge in [0.15, 0.2) is 0 Å². The standard InChI is InChI=1S/C13H23NO3S/c1-10(9-18-2)13(17)14-8-4-3-5-11(14)6-7-12(15)16/h10-11H,3-9H2,1-2H3,(H,15,16)/t10-,11+/m1/s1. The number of amides is 1. The van der Waals surface area contributed by atoms with E-state index in [0.717, 1.165) is 31.6 Å². The molecule has 0 radical (unpaired) electrons. The van der Waals surface area contributed by atoms with E-state index >= 15 is 0 Å². The predicted molar refractivity (Wildman–Crippen MR) is 73.8 cm³/mol. The molecule has 0 bridgehead atoms. The summed E-state index contributed by atoms with van der Waals surface area (Å²) in [5.41, 5.74) is 0. The van der Waals surface area contributed by atoms with E-state index < -0.39 is 5.97 Å². The molecule has 1 aliphatic heterocycles. The van der Waals surface area contributed by atoms with Crippen molar-refractivity contribution in [2.45, 2.75) is 45.1 Å². The number of thioether (sulfide) groups is 1. The third kappa shape index (κ3) is 4.52. The molecule has 5 heteroatoms. The van der Waals surface area contributed by atoms with Crippen molar-refractivity contribution in [2.75, 3.05) is 18.6 Å². The predicted octanol–water partition coefficient (Wildman–Crippen LogP) is 2.23. The van der Waals surface area contributed by atoms with Gasteiger partial charge in [-0.05, 0) is 31.9 Å². The molecule has 1 saturated heterocycles. The van der Waals surface area contributed by atoms with Crippen LogP contribution in [0.2, 0.25) is 0 Å². The van der Waals surface area contributed by atoms with E-state index in [4.69, 9.17) is 5.11 Å². The highest BCUT2D eigenvalue weighted by Crippen LogP contribution is 2.23. The fourth-order valence-corrected chi connectivity index (χ4v) is 3.13. The van der Waals surface area contributed by atoms with Gasteiger partial charge in [-0.15, -0.1) is 0 Å². The van der Waals surface area contributed by atoms with Gasteiger partial charge in [0.05, 0.1) is 0 Å². The SMILES string of the molecule is CSC[C@@H](C)C(=O)N1CCCC[C@H]1CCC(=O)O. The van der Waals surface area contributed by atoms with E-state index in [1.54, 1.807) is 11.8 Å². The number of carbonyl (C=O) groups is 2. The molecule has 1 rings (SSSR count). The third-order valence-electron chi connectivity index (χ3n) is 3.44. The molecule has 0 saturated carbocycles. The topological polar surface area (TPSA) is 57.6 Å². The zero-order valence-corrected chi connectivity index (χ0v) is 12.0. The summed E-state index contributed by atoms with van der Waals surface area (Å²) >= 11 is 1.68. The summed E-state index contributed by atoms with van der Waals surface area (Å²) in [6, 6.07) is 0.131. The van der Waals surface area contributed by atoms with E-state index in [2.05, 4.69) is 0 Å². The lowest BCUT2D eigenvalue weighted by atomic mass is 9.96. The lowest BCUT2D eigenvalue weighted by molar-refractivity contribution is -0.141. The molecular weight excluding hydrogens is 250 g/mol. The number of likely N-dealkylation sites (tertiary alicyclic amines) is 1. The largest absolute Gasteiger partial charge is 0.481 e. The van der Waals surface area contributed by atoms with E-state index in [0.29, 0.717) is 6.42 Å². The molecule has 0 aromatic rings. The molecule has 0 spiro atoms. The van der Waals surface area contributed by atoms with Crippen LogP contribution < -0.4 is 0 Å². The second-order valence-electron chi connectivity index (χ2n) is 4.97. The van der Waals surface area contributed by atoms with Crippen LogP contribution in [0.3, 0.4) is 0 Å². The average Bonchev–Trinajstić information content (AvgIpc) is 2.36. The van der Waals surface area contributed by atoms with Crippen LogP contribution >= 0.6 is 11.8 Å². The van der Waals surface area contributed by atoms with Crippen molar-refractivity contribution in [3.8, 4) is 0 Å². The summed E-state index contributed by atoms with van der Waals surface area (Å²) in [6.07, 6.45) is 5.84. The molecule has 0 aromatic carbocycles. The molecule has 0 aromatic heterocycles. The number of carboxylic acid groups (broad SMARTS) is 1. The first-order valence-corrected chi connectivity index (χ1v) is 7.96. The Labute approximate surface area is 113 Å². The first-order chi connectivity index (χ1) is 8.56. The Balaban J connectivity index is 2.57. The van der Waals surface area contributed by atoms with Gasteiger partial charge in [0, 0.05) is 30.7 Å². The minimum absolute atomic E-state index is 0.0328. The molecule has 104 valence electrons. The van der Waals surface area contributed by atoms with Crippen LogP contribution in [0.25, 0.3) is 0 Å². The van der Waals surface area contributed by atoms with E-state index in [9.17, 15) is 9.59 Å². The molecule has 1 heterocycles. The zero-order valence-electron chi connectivity index (χ0n) is 11.2. The summed E-state index contributed by atoms with van der Waals surface area (Å²) in [5, 5.41) is 8.76. The van der Waals surface area contributed by atoms with Gasteiger partial charge in [0.2, 0.25) is 5.91 Å². The summed E-state index contributed by atoms with van der Waals surface area (Å²) in [4.78, 5) is 24.9. The smallest absolute Gasteiger partial charge is 0.303 e. The van der Waals surface area contributed by atoms with Crippen molar-refractivity contribution >= 4 is 23.6 Å². The maximum atomic E-state index is 12.3. The van der Waals surface area contributed by atoms with Crippen molar-refractivity contribution in [2.24, 2.45) is 5.92 Å². The van der Waals surface area contributed by atoms with Crippen LogP contribution in [0.5, 0.6) is 0 Å². The number of carboxylic acids is 1. The Morgan fingerprint density at radius 2 is 2.17 bits per heavy atom. The summed E-state index contributed by atoms with van der Waals surface area (Å²) in [7, 11) is 0.